The number of rotatable bonds is 4. The monoisotopic (exact) mass is 354 g/mol. The number of nitrogens with one attached hydrogen (secondary N) is 1. The lowest BCUT2D eigenvalue weighted by Crippen LogP contribution is -2.00. The van der Waals surface area contributed by atoms with Crippen LogP contribution >= 0.6 is 0 Å². The Balaban J connectivity index is 1.58. The topological polar surface area (TPSA) is 42.2 Å². The minimum atomic E-state index is 0.734. The molecule has 0 aliphatic carbocycles. The van der Waals surface area contributed by atoms with Gasteiger partial charge < -0.3 is 4.57 Å². The number of benzene rings is 2. The lowest BCUT2D eigenvalue weighted by atomic mass is 10.2. The molecule has 4 rings (SSSR count). The highest BCUT2D eigenvalue weighted by atomic mass is 15.3. The molecule has 0 atom stereocenters. The molecule has 134 valence electrons. The first-order chi connectivity index (χ1) is 13.1. The van der Waals surface area contributed by atoms with E-state index in [0.29, 0.717) is 0 Å². The van der Waals surface area contributed by atoms with Gasteiger partial charge in [-0.15, -0.1) is 0 Å². The van der Waals surface area contributed by atoms with Gasteiger partial charge in [0.05, 0.1) is 11.7 Å². The fourth-order valence-electron chi connectivity index (χ4n) is 3.38. The lowest BCUT2D eigenvalue weighted by molar-refractivity contribution is 0.963. The molecule has 0 fully saturated rings. The minimum Gasteiger partial charge on any atom is -0.318 e. The number of nitrogens with zero attached hydrogens (tertiary/aromatic N) is 3. The molecule has 4 heteroatoms. The average molecular weight is 354 g/mol. The lowest BCUT2D eigenvalue weighted by Gasteiger charge is -2.10. The van der Waals surface area contributed by atoms with Gasteiger partial charge in [-0.05, 0) is 62.7 Å². The Morgan fingerprint density at radius 2 is 1.78 bits per heavy atom. The van der Waals surface area contributed by atoms with E-state index in [1.54, 1.807) is 0 Å². The quantitative estimate of drug-likeness (QED) is 0.394. The van der Waals surface area contributed by atoms with E-state index < -0.39 is 0 Å². The third-order valence-corrected chi connectivity index (χ3v) is 4.71. The Kier molecular flexibility index (Phi) is 4.47. The summed E-state index contributed by atoms with van der Waals surface area (Å²) in [5.41, 5.74) is 9.85. The third-order valence-electron chi connectivity index (χ3n) is 4.71. The van der Waals surface area contributed by atoms with Gasteiger partial charge in [-0.25, -0.2) is 4.98 Å². The van der Waals surface area contributed by atoms with Crippen molar-refractivity contribution >= 4 is 22.9 Å². The van der Waals surface area contributed by atoms with Crippen LogP contribution in [0.15, 0.2) is 71.8 Å². The zero-order valence-corrected chi connectivity index (χ0v) is 15.8. The van der Waals surface area contributed by atoms with E-state index >= 15 is 0 Å². The molecule has 2 aromatic heterocycles. The van der Waals surface area contributed by atoms with Crippen LogP contribution in [-0.2, 0) is 0 Å². The van der Waals surface area contributed by atoms with Crippen molar-refractivity contribution in [2.24, 2.45) is 5.10 Å². The molecule has 0 aliphatic heterocycles. The maximum absolute atomic E-state index is 4.58. The summed E-state index contributed by atoms with van der Waals surface area (Å²) in [6.07, 6.45) is 1.85. The Morgan fingerprint density at radius 3 is 2.63 bits per heavy atom. The maximum Gasteiger partial charge on any atom is 0.146 e. The molecule has 2 heterocycles. The number of hydrazone groups is 1. The van der Waals surface area contributed by atoms with E-state index in [2.05, 4.69) is 77.2 Å². The van der Waals surface area contributed by atoms with Crippen LogP contribution in [-0.4, -0.2) is 15.8 Å². The largest absolute Gasteiger partial charge is 0.318 e. The van der Waals surface area contributed by atoms with Gasteiger partial charge in [0.2, 0.25) is 0 Å². The summed E-state index contributed by atoms with van der Waals surface area (Å²) in [6, 6.07) is 22.7. The molecule has 0 amide bonds. The molecule has 0 spiro atoms. The predicted octanol–water partition coefficient (Wildman–Crippen LogP) is 5.40. The normalized spacial score (nSPS) is 11.4. The van der Waals surface area contributed by atoms with Crippen molar-refractivity contribution < 1.29 is 0 Å². The van der Waals surface area contributed by atoms with E-state index in [4.69, 9.17) is 0 Å². The molecule has 1 N–H and O–H groups in total. The zero-order valence-electron chi connectivity index (χ0n) is 15.8. The molecule has 0 radical (unpaired) electrons. The van der Waals surface area contributed by atoms with Crippen molar-refractivity contribution in [3.05, 3.63) is 89.2 Å². The first kappa shape index (κ1) is 17.0. The number of pyridine rings is 1. The van der Waals surface area contributed by atoms with Crippen molar-refractivity contribution in [1.82, 2.24) is 9.55 Å². The van der Waals surface area contributed by atoms with Crippen molar-refractivity contribution in [3.63, 3.8) is 0 Å². The van der Waals surface area contributed by atoms with Gasteiger partial charge >= 0.3 is 0 Å². The fourth-order valence-corrected chi connectivity index (χ4v) is 3.38. The molecular weight excluding hydrogens is 332 g/mol. The van der Waals surface area contributed by atoms with Gasteiger partial charge in [-0.1, -0.05) is 30.3 Å². The Morgan fingerprint density at radius 1 is 0.926 bits per heavy atom. The highest BCUT2D eigenvalue weighted by molar-refractivity contribution is 5.83. The number of aromatic nitrogens is 2. The minimum absolute atomic E-state index is 0.734. The molecule has 0 unspecified atom stereocenters. The molecule has 2 aromatic carbocycles. The first-order valence-electron chi connectivity index (χ1n) is 9.03. The van der Waals surface area contributed by atoms with Crippen molar-refractivity contribution in [2.75, 3.05) is 5.43 Å². The van der Waals surface area contributed by atoms with Crippen LogP contribution in [0.5, 0.6) is 0 Å². The van der Waals surface area contributed by atoms with Crippen molar-refractivity contribution in [2.45, 2.75) is 20.8 Å². The van der Waals surface area contributed by atoms with E-state index in [-0.39, 0.29) is 0 Å². The van der Waals surface area contributed by atoms with E-state index in [0.717, 1.165) is 28.0 Å². The Hall–Kier alpha value is -3.40. The van der Waals surface area contributed by atoms with Crippen molar-refractivity contribution in [3.8, 4) is 5.69 Å². The number of fused-ring (bicyclic) bond motifs is 1. The molecule has 4 aromatic rings. The van der Waals surface area contributed by atoms with E-state index in [1.807, 2.05) is 36.5 Å². The van der Waals surface area contributed by atoms with Crippen LogP contribution in [0.25, 0.3) is 16.6 Å². The molecule has 4 nitrogen and oxygen atoms in total. The van der Waals surface area contributed by atoms with Crippen LogP contribution in [0.1, 0.15) is 22.5 Å². The number of aryl methyl sites for hydroxylation is 2. The summed E-state index contributed by atoms with van der Waals surface area (Å²) in [4.78, 5) is 4.58. The Labute approximate surface area is 159 Å². The van der Waals surface area contributed by atoms with Crippen LogP contribution in [0, 0.1) is 20.8 Å². The highest BCUT2D eigenvalue weighted by Crippen LogP contribution is 2.21. The summed E-state index contributed by atoms with van der Waals surface area (Å²) in [6.45, 7) is 6.34. The van der Waals surface area contributed by atoms with Crippen LogP contribution in [0.3, 0.4) is 0 Å². The molecule has 0 saturated carbocycles. The summed E-state index contributed by atoms with van der Waals surface area (Å²) in [7, 11) is 0. The summed E-state index contributed by atoms with van der Waals surface area (Å²) < 4.78 is 2.25. The molecule has 0 aliphatic rings. The number of para-hydroxylation sites is 1. The van der Waals surface area contributed by atoms with Gasteiger partial charge in [-0.3, -0.25) is 5.43 Å². The zero-order chi connectivity index (χ0) is 18.8. The van der Waals surface area contributed by atoms with Gasteiger partial charge in [-0.2, -0.15) is 5.10 Å². The smallest absolute Gasteiger partial charge is 0.146 e. The second-order valence-electron chi connectivity index (χ2n) is 6.76. The standard InChI is InChI=1S/C23H22N4/c1-16-7-6-9-21(13-16)27-17(2)14-20(18(27)3)15-24-26-23-12-11-19-8-4-5-10-22(19)25-23/h4-15H,1-3H3,(H,25,26)/b24-15-. The van der Waals surface area contributed by atoms with Crippen LogP contribution in [0.4, 0.5) is 5.82 Å². The maximum atomic E-state index is 4.58. The summed E-state index contributed by atoms with van der Waals surface area (Å²) in [5.74, 6) is 0.734. The molecule has 27 heavy (non-hydrogen) atoms. The van der Waals surface area contributed by atoms with Gasteiger partial charge in [0, 0.05) is 28.0 Å². The highest BCUT2D eigenvalue weighted by Gasteiger charge is 2.09. The molecule has 0 bridgehead atoms. The molecule has 0 saturated heterocycles. The summed E-state index contributed by atoms with van der Waals surface area (Å²) in [5, 5.41) is 5.51. The Bertz CT molecular complexity index is 1140. The predicted molar refractivity (Wildman–Crippen MR) is 113 cm³/mol. The van der Waals surface area contributed by atoms with Gasteiger partial charge in [0.25, 0.3) is 0 Å². The number of anilines is 1. The van der Waals surface area contributed by atoms with E-state index in [1.165, 1.54) is 16.9 Å². The second-order valence-corrected chi connectivity index (χ2v) is 6.76. The first-order valence-corrected chi connectivity index (χ1v) is 9.03. The summed E-state index contributed by atoms with van der Waals surface area (Å²) >= 11 is 0. The van der Waals surface area contributed by atoms with Crippen LogP contribution < -0.4 is 5.43 Å². The SMILES string of the molecule is Cc1cccc(-n2c(C)cc(/C=N\Nc3ccc4ccccc4n3)c2C)c1. The van der Waals surface area contributed by atoms with E-state index in [9.17, 15) is 0 Å². The van der Waals surface area contributed by atoms with Crippen LogP contribution in [0.2, 0.25) is 0 Å². The second kappa shape index (κ2) is 7.08. The fraction of sp³-hybridized carbons (Fsp3) is 0.130. The number of hydrogen-bond donors (Lipinski definition) is 1. The third kappa shape index (κ3) is 3.47. The van der Waals surface area contributed by atoms with Gasteiger partial charge in [0.15, 0.2) is 0 Å². The molecular formula is C23H22N4. The average Bonchev–Trinajstić information content (AvgIpc) is 2.95. The number of hydrogen-bond acceptors (Lipinski definition) is 3. The van der Waals surface area contributed by atoms with Gasteiger partial charge in [0.1, 0.15) is 5.82 Å². The van der Waals surface area contributed by atoms with Crippen molar-refractivity contribution in [1.29, 1.82) is 0 Å².